The van der Waals surface area contributed by atoms with Crippen molar-refractivity contribution in [2.24, 2.45) is 0 Å². The molecule has 0 bridgehead atoms. The Hall–Kier alpha value is -2.25. The average Bonchev–Trinajstić information content (AvgIpc) is 3.12. The molecule has 1 N–H and O–H groups in total. The molecule has 1 atom stereocenters. The van der Waals surface area contributed by atoms with E-state index in [1.807, 2.05) is 29.9 Å². The van der Waals surface area contributed by atoms with Crippen molar-refractivity contribution in [3.05, 3.63) is 47.0 Å². The fourth-order valence-corrected chi connectivity index (χ4v) is 4.52. The normalized spacial score (nSPS) is 20.8. The number of carbonyl (C=O) groups is 1. The summed E-state index contributed by atoms with van der Waals surface area (Å²) < 4.78 is 7.94. The number of aryl methyl sites for hydroxylation is 1. The maximum Gasteiger partial charge on any atom is 0.356 e. The van der Waals surface area contributed by atoms with Gasteiger partial charge in [0, 0.05) is 49.3 Å². The number of fused-ring (bicyclic) bond motifs is 1. The Morgan fingerprint density at radius 1 is 1.32 bits per heavy atom. The molecule has 7 heteroatoms. The first-order valence-corrected chi connectivity index (χ1v) is 10.2. The summed E-state index contributed by atoms with van der Waals surface area (Å²) in [6.07, 6.45) is 8.71. The zero-order chi connectivity index (χ0) is 19.5. The molecule has 0 amide bonds. The minimum Gasteiger partial charge on any atom is -0.476 e. The second-order valence-electron chi connectivity index (χ2n) is 7.70. The Balaban J connectivity index is 1.33. The van der Waals surface area contributed by atoms with Crippen LogP contribution in [0.1, 0.15) is 53.5 Å². The highest BCUT2D eigenvalue weighted by Gasteiger charge is 2.33. The first-order chi connectivity index (χ1) is 13.7. The van der Waals surface area contributed by atoms with E-state index < -0.39 is 5.97 Å². The van der Waals surface area contributed by atoms with Gasteiger partial charge in [0.1, 0.15) is 0 Å². The van der Waals surface area contributed by atoms with E-state index in [0.717, 1.165) is 68.6 Å². The van der Waals surface area contributed by atoms with Gasteiger partial charge in [0.05, 0.1) is 12.7 Å². The van der Waals surface area contributed by atoms with E-state index in [1.54, 1.807) is 6.20 Å². The highest BCUT2D eigenvalue weighted by Crippen LogP contribution is 2.29. The lowest BCUT2D eigenvalue weighted by molar-refractivity contribution is -0.0124. The molecular formula is C21H28N4O3. The maximum absolute atomic E-state index is 11.6. The molecule has 0 spiro atoms. The first-order valence-electron chi connectivity index (χ1n) is 10.2. The average molecular weight is 384 g/mol. The fourth-order valence-electron chi connectivity index (χ4n) is 4.52. The Bertz CT molecular complexity index is 813. The van der Waals surface area contributed by atoms with Gasteiger partial charge >= 0.3 is 5.97 Å². The number of hydrogen-bond donors (Lipinski definition) is 1. The highest BCUT2D eigenvalue weighted by molar-refractivity contribution is 5.87. The van der Waals surface area contributed by atoms with Gasteiger partial charge < -0.3 is 9.84 Å². The molecule has 1 fully saturated rings. The van der Waals surface area contributed by atoms with Gasteiger partial charge in [-0.05, 0) is 50.7 Å². The van der Waals surface area contributed by atoms with Gasteiger partial charge in [-0.2, -0.15) is 5.10 Å². The van der Waals surface area contributed by atoms with Gasteiger partial charge in [-0.3, -0.25) is 14.6 Å². The number of pyridine rings is 1. The van der Waals surface area contributed by atoms with E-state index in [4.69, 9.17) is 4.74 Å². The predicted molar refractivity (Wildman–Crippen MR) is 104 cm³/mol. The van der Waals surface area contributed by atoms with Crippen LogP contribution in [0, 0.1) is 0 Å². The number of nitrogens with zero attached hydrogens (tertiary/aromatic N) is 4. The Labute approximate surface area is 165 Å². The van der Waals surface area contributed by atoms with Crippen molar-refractivity contribution in [1.29, 1.82) is 0 Å². The Kier molecular flexibility index (Phi) is 5.73. The van der Waals surface area contributed by atoms with Crippen molar-refractivity contribution in [3.8, 4) is 0 Å². The van der Waals surface area contributed by atoms with Crippen LogP contribution in [0.2, 0.25) is 0 Å². The van der Waals surface area contributed by atoms with Crippen LogP contribution in [0.15, 0.2) is 24.5 Å². The third-order valence-electron chi connectivity index (χ3n) is 6.02. The minimum absolute atomic E-state index is 0.247. The van der Waals surface area contributed by atoms with Crippen molar-refractivity contribution in [2.45, 2.75) is 64.3 Å². The molecule has 0 saturated carbocycles. The van der Waals surface area contributed by atoms with Crippen molar-refractivity contribution in [2.75, 3.05) is 13.1 Å². The molecule has 1 aliphatic carbocycles. The van der Waals surface area contributed by atoms with Gasteiger partial charge in [0.15, 0.2) is 5.69 Å². The van der Waals surface area contributed by atoms with Gasteiger partial charge in [0.2, 0.25) is 0 Å². The van der Waals surface area contributed by atoms with Crippen molar-refractivity contribution in [3.63, 3.8) is 0 Å². The molecular weight excluding hydrogens is 356 g/mol. The van der Waals surface area contributed by atoms with Crippen LogP contribution >= 0.6 is 0 Å². The third-order valence-corrected chi connectivity index (χ3v) is 6.02. The predicted octanol–water partition coefficient (Wildman–Crippen LogP) is 2.53. The Morgan fingerprint density at radius 3 is 2.82 bits per heavy atom. The van der Waals surface area contributed by atoms with Crippen LogP contribution < -0.4 is 0 Å². The zero-order valence-corrected chi connectivity index (χ0v) is 16.4. The highest BCUT2D eigenvalue weighted by atomic mass is 16.5. The molecule has 1 saturated heterocycles. The number of carboxylic acid groups (broad SMARTS) is 1. The molecule has 2 aromatic heterocycles. The summed E-state index contributed by atoms with van der Waals surface area (Å²) in [7, 11) is 0. The standard InChI is InChI=1S/C21H28N4O3/c1-2-25-19-6-5-16(12-18(19)20(23-25)21(26)27)24-10-7-17(8-11-24)28-14-15-4-3-9-22-13-15/h3-4,9,13,16-17H,2,5-8,10-12,14H2,1H3,(H,26,27). The van der Waals surface area contributed by atoms with E-state index in [2.05, 4.69) is 15.0 Å². The lowest BCUT2D eigenvalue weighted by Gasteiger charge is -2.39. The van der Waals surface area contributed by atoms with E-state index in [-0.39, 0.29) is 11.8 Å². The molecule has 150 valence electrons. The van der Waals surface area contributed by atoms with E-state index >= 15 is 0 Å². The second-order valence-corrected chi connectivity index (χ2v) is 7.70. The number of likely N-dealkylation sites (tertiary alicyclic amines) is 1. The van der Waals surface area contributed by atoms with Crippen LogP contribution in [0.4, 0.5) is 0 Å². The molecule has 2 aromatic rings. The molecule has 2 aliphatic rings. The first kappa shape index (κ1) is 19.1. The summed E-state index contributed by atoms with van der Waals surface area (Å²) in [5, 5.41) is 13.9. The number of aromatic nitrogens is 3. The smallest absolute Gasteiger partial charge is 0.356 e. The fraction of sp³-hybridized carbons (Fsp3) is 0.571. The second kappa shape index (κ2) is 8.41. The van der Waals surface area contributed by atoms with Crippen LogP contribution in [-0.2, 0) is 30.7 Å². The SMILES string of the molecule is CCn1nc(C(=O)O)c2c1CCC(N1CCC(OCc3cccnc3)CC1)C2. The van der Waals surface area contributed by atoms with Crippen LogP contribution in [0.25, 0.3) is 0 Å². The molecule has 28 heavy (non-hydrogen) atoms. The van der Waals surface area contributed by atoms with E-state index in [9.17, 15) is 9.90 Å². The lowest BCUT2D eigenvalue weighted by Crippen LogP contribution is -2.45. The summed E-state index contributed by atoms with van der Waals surface area (Å²) in [6, 6.07) is 4.38. The van der Waals surface area contributed by atoms with Crippen molar-refractivity contribution < 1.29 is 14.6 Å². The topological polar surface area (TPSA) is 80.5 Å². The van der Waals surface area contributed by atoms with Gasteiger partial charge in [-0.15, -0.1) is 0 Å². The number of aromatic carboxylic acids is 1. The van der Waals surface area contributed by atoms with Crippen LogP contribution in [0.5, 0.6) is 0 Å². The summed E-state index contributed by atoms with van der Waals surface area (Å²) in [4.78, 5) is 18.3. The molecule has 1 unspecified atom stereocenters. The quantitative estimate of drug-likeness (QED) is 0.824. The monoisotopic (exact) mass is 384 g/mol. The van der Waals surface area contributed by atoms with Crippen LogP contribution in [0.3, 0.4) is 0 Å². The number of hydrogen-bond acceptors (Lipinski definition) is 5. The van der Waals surface area contributed by atoms with Gasteiger partial charge in [-0.1, -0.05) is 6.07 Å². The van der Waals surface area contributed by atoms with Crippen LogP contribution in [-0.4, -0.2) is 56.0 Å². The molecule has 7 nitrogen and oxygen atoms in total. The minimum atomic E-state index is -0.911. The van der Waals surface area contributed by atoms with Crippen molar-refractivity contribution in [1.82, 2.24) is 19.7 Å². The molecule has 4 rings (SSSR count). The van der Waals surface area contributed by atoms with Gasteiger partial charge in [0.25, 0.3) is 0 Å². The largest absolute Gasteiger partial charge is 0.476 e. The summed E-state index contributed by atoms with van der Waals surface area (Å²) in [6.45, 7) is 5.36. The van der Waals surface area contributed by atoms with E-state index in [0.29, 0.717) is 12.6 Å². The molecule has 0 radical (unpaired) electrons. The third kappa shape index (κ3) is 3.95. The number of piperidine rings is 1. The van der Waals surface area contributed by atoms with E-state index in [1.165, 1.54) is 0 Å². The summed E-state index contributed by atoms with van der Waals surface area (Å²) in [5.41, 5.74) is 3.42. The van der Waals surface area contributed by atoms with Gasteiger partial charge in [-0.25, -0.2) is 4.79 Å². The number of rotatable bonds is 6. The summed E-state index contributed by atoms with van der Waals surface area (Å²) in [5.74, 6) is -0.911. The Morgan fingerprint density at radius 2 is 2.14 bits per heavy atom. The van der Waals surface area contributed by atoms with Crippen molar-refractivity contribution >= 4 is 5.97 Å². The maximum atomic E-state index is 11.6. The number of ether oxygens (including phenoxy) is 1. The molecule has 3 heterocycles. The zero-order valence-electron chi connectivity index (χ0n) is 16.4. The lowest BCUT2D eigenvalue weighted by atomic mass is 9.89. The molecule has 1 aliphatic heterocycles. The summed E-state index contributed by atoms with van der Waals surface area (Å²) >= 11 is 0. The number of carboxylic acids is 1. The molecule has 0 aromatic carbocycles.